The smallest absolute Gasteiger partial charge is 0.146 e. The Morgan fingerprint density at radius 1 is 1.10 bits per heavy atom. The third-order valence-electron chi connectivity index (χ3n) is 4.84. The number of aryl methyl sites for hydroxylation is 1. The molecule has 1 aliphatic carbocycles. The number of hydrogen-bond donors (Lipinski definition) is 0. The van der Waals surface area contributed by atoms with E-state index < -0.39 is 0 Å². The highest BCUT2D eigenvalue weighted by molar-refractivity contribution is 14.1. The zero-order valence-electron chi connectivity index (χ0n) is 15.6. The van der Waals surface area contributed by atoms with Gasteiger partial charge in [-0.1, -0.05) is 30.3 Å². The fourth-order valence-electron chi connectivity index (χ4n) is 3.41. The first-order valence-electron chi connectivity index (χ1n) is 9.40. The highest BCUT2D eigenvalue weighted by Gasteiger charge is 2.20. The highest BCUT2D eigenvalue weighted by Crippen LogP contribution is 2.39. The third kappa shape index (κ3) is 4.84. The maximum atomic E-state index is 9.60. The second-order valence-corrected chi connectivity index (χ2v) is 10.3. The summed E-state index contributed by atoms with van der Waals surface area (Å²) in [7, 11) is 0. The summed E-state index contributed by atoms with van der Waals surface area (Å²) in [4.78, 5) is 6.02. The molecule has 29 heavy (non-hydrogen) atoms. The zero-order valence-corrected chi connectivity index (χ0v) is 20.8. The second-order valence-electron chi connectivity index (χ2n) is 6.85. The molecule has 0 amide bonds. The van der Waals surface area contributed by atoms with Gasteiger partial charge in [0.15, 0.2) is 0 Å². The van der Waals surface area contributed by atoms with Crippen LogP contribution in [0.15, 0.2) is 47.5 Å². The van der Waals surface area contributed by atoms with Crippen molar-refractivity contribution in [3.63, 3.8) is 0 Å². The molecule has 0 N–H and O–H groups in total. The predicted octanol–water partition coefficient (Wildman–Crippen LogP) is 7.04. The summed E-state index contributed by atoms with van der Waals surface area (Å²) in [6, 6.07) is 16.7. The number of rotatable bonds is 5. The first kappa shape index (κ1) is 20.8. The monoisotopic (exact) mass is 624 g/mol. The minimum atomic E-state index is 0.548. The molecule has 0 saturated heterocycles. The van der Waals surface area contributed by atoms with E-state index in [0.29, 0.717) is 6.61 Å². The molecule has 1 aliphatic rings. The molecule has 0 fully saturated rings. The first-order valence-corrected chi connectivity index (χ1v) is 12.4. The Morgan fingerprint density at radius 2 is 1.83 bits per heavy atom. The van der Waals surface area contributed by atoms with Crippen molar-refractivity contribution in [1.82, 2.24) is 0 Å². The summed E-state index contributed by atoms with van der Waals surface area (Å²) in [5, 5.41) is 10.4. The van der Waals surface area contributed by atoms with Crippen LogP contribution in [0.4, 0.5) is 5.00 Å². The van der Waals surface area contributed by atoms with Gasteiger partial charge in [0, 0.05) is 11.1 Å². The van der Waals surface area contributed by atoms with Gasteiger partial charge in [0.25, 0.3) is 0 Å². The molecule has 3 nitrogen and oxygen atoms in total. The number of benzene rings is 2. The normalized spacial score (nSPS) is 13.3. The van der Waals surface area contributed by atoms with Crippen molar-refractivity contribution in [2.45, 2.75) is 32.3 Å². The molecular formula is C23H18I2N2OS. The van der Waals surface area contributed by atoms with Crippen LogP contribution in [0.2, 0.25) is 0 Å². The summed E-state index contributed by atoms with van der Waals surface area (Å²) in [6.07, 6.45) is 6.33. The minimum Gasteiger partial charge on any atom is -0.487 e. The molecule has 1 heterocycles. The van der Waals surface area contributed by atoms with Crippen LogP contribution >= 0.6 is 56.5 Å². The molecule has 0 saturated carbocycles. The van der Waals surface area contributed by atoms with Gasteiger partial charge in [-0.25, -0.2) is 4.99 Å². The second kappa shape index (κ2) is 9.58. The van der Waals surface area contributed by atoms with E-state index in [4.69, 9.17) is 4.74 Å². The van der Waals surface area contributed by atoms with Crippen LogP contribution in [0, 0.1) is 18.5 Å². The predicted molar refractivity (Wildman–Crippen MR) is 136 cm³/mol. The molecule has 0 aliphatic heterocycles. The lowest BCUT2D eigenvalue weighted by Gasteiger charge is -2.11. The molecule has 2 aromatic carbocycles. The number of hydrogen-bond acceptors (Lipinski definition) is 4. The molecule has 6 heteroatoms. The lowest BCUT2D eigenvalue weighted by molar-refractivity contribution is 0.302. The van der Waals surface area contributed by atoms with Gasteiger partial charge in [-0.15, -0.1) is 11.3 Å². The number of halogens is 2. The van der Waals surface area contributed by atoms with Crippen LogP contribution < -0.4 is 4.74 Å². The van der Waals surface area contributed by atoms with Gasteiger partial charge >= 0.3 is 0 Å². The maximum Gasteiger partial charge on any atom is 0.146 e. The van der Waals surface area contributed by atoms with Crippen LogP contribution in [0.5, 0.6) is 5.75 Å². The van der Waals surface area contributed by atoms with E-state index in [9.17, 15) is 5.26 Å². The van der Waals surface area contributed by atoms with Crippen LogP contribution in [-0.4, -0.2) is 6.21 Å². The molecule has 0 atom stereocenters. The summed E-state index contributed by atoms with van der Waals surface area (Å²) >= 11 is 6.30. The Hall–Kier alpha value is -1.44. The van der Waals surface area contributed by atoms with Gasteiger partial charge in [0.05, 0.1) is 12.7 Å². The van der Waals surface area contributed by atoms with Crippen molar-refractivity contribution in [3.05, 3.63) is 76.7 Å². The zero-order chi connectivity index (χ0) is 20.2. The minimum absolute atomic E-state index is 0.548. The molecule has 3 aromatic rings. The van der Waals surface area contributed by atoms with Crippen LogP contribution in [0.25, 0.3) is 0 Å². The van der Waals surface area contributed by atoms with Crippen LogP contribution in [0.3, 0.4) is 0 Å². The Balaban J connectivity index is 1.54. The van der Waals surface area contributed by atoms with Gasteiger partial charge < -0.3 is 4.74 Å². The van der Waals surface area contributed by atoms with Crippen molar-refractivity contribution in [2.24, 2.45) is 4.99 Å². The van der Waals surface area contributed by atoms with E-state index in [1.165, 1.54) is 23.3 Å². The number of thiophene rings is 1. The Morgan fingerprint density at radius 3 is 2.55 bits per heavy atom. The number of fused-ring (bicyclic) bond motifs is 1. The topological polar surface area (TPSA) is 45.4 Å². The fraction of sp³-hybridized carbons (Fsp3) is 0.217. The molecule has 0 radical (unpaired) electrons. The highest BCUT2D eigenvalue weighted by atomic mass is 127. The number of aliphatic imine (C=N–C) groups is 1. The number of nitriles is 1. The van der Waals surface area contributed by atoms with Crippen molar-refractivity contribution in [3.8, 4) is 11.8 Å². The van der Waals surface area contributed by atoms with Crippen molar-refractivity contribution in [2.75, 3.05) is 0 Å². The van der Waals surface area contributed by atoms with Gasteiger partial charge in [-0.3, -0.25) is 0 Å². The Kier molecular flexibility index (Phi) is 6.88. The molecule has 146 valence electrons. The Labute approximate surface area is 202 Å². The quantitative estimate of drug-likeness (QED) is 0.226. The summed E-state index contributed by atoms with van der Waals surface area (Å²) in [6.45, 7) is 0.548. The fourth-order valence-corrected chi connectivity index (χ4v) is 6.72. The molecule has 0 bridgehead atoms. The van der Waals surface area contributed by atoms with Gasteiger partial charge in [0.2, 0.25) is 0 Å². The maximum absolute atomic E-state index is 9.60. The lowest BCUT2D eigenvalue weighted by atomic mass is 9.96. The van der Waals surface area contributed by atoms with E-state index in [-0.39, 0.29) is 0 Å². The molecular weight excluding hydrogens is 606 g/mol. The largest absolute Gasteiger partial charge is 0.487 e. The number of ether oxygens (including phenoxy) is 1. The molecule has 0 spiro atoms. The van der Waals surface area contributed by atoms with Crippen LogP contribution in [0.1, 0.15) is 40.0 Å². The van der Waals surface area contributed by atoms with E-state index in [1.807, 2.05) is 24.4 Å². The van der Waals surface area contributed by atoms with Crippen molar-refractivity contribution < 1.29 is 4.74 Å². The molecule has 4 rings (SSSR count). The summed E-state index contributed by atoms with van der Waals surface area (Å²) < 4.78 is 8.17. The van der Waals surface area contributed by atoms with Crippen molar-refractivity contribution >= 4 is 67.7 Å². The Bertz CT molecular complexity index is 1080. The van der Waals surface area contributed by atoms with E-state index in [2.05, 4.69) is 80.5 Å². The number of nitrogens with zero attached hydrogens (tertiary/aromatic N) is 2. The van der Waals surface area contributed by atoms with E-state index in [1.54, 1.807) is 11.3 Å². The standard InChI is InChI=1S/C23H18I2N2OS/c24-19-10-16(11-20(25)22(19)28-14-15-6-2-1-3-7-15)13-27-23-18(12-26)17-8-4-5-9-21(17)29-23/h1-3,6-7,10-11,13H,4-5,8-9,14H2/b27-13+. The van der Waals surface area contributed by atoms with Crippen LogP contribution in [-0.2, 0) is 19.4 Å². The average Bonchev–Trinajstić information content (AvgIpc) is 3.10. The van der Waals surface area contributed by atoms with Gasteiger partial charge in [-0.05, 0) is 99.7 Å². The SMILES string of the molecule is N#Cc1c(/N=C/c2cc(I)c(OCc3ccccc3)c(I)c2)sc2c1CCCC2. The van der Waals surface area contributed by atoms with Crippen molar-refractivity contribution in [1.29, 1.82) is 5.26 Å². The summed E-state index contributed by atoms with van der Waals surface area (Å²) in [5.41, 5.74) is 4.16. The summed E-state index contributed by atoms with van der Waals surface area (Å²) in [5.74, 6) is 0.900. The molecule has 0 unspecified atom stereocenters. The first-order chi connectivity index (χ1) is 14.2. The molecule has 1 aromatic heterocycles. The van der Waals surface area contributed by atoms with E-state index in [0.717, 1.165) is 47.4 Å². The van der Waals surface area contributed by atoms with Gasteiger partial charge in [-0.2, -0.15) is 5.26 Å². The van der Waals surface area contributed by atoms with Gasteiger partial charge in [0.1, 0.15) is 23.4 Å². The third-order valence-corrected chi connectivity index (χ3v) is 7.64. The lowest BCUT2D eigenvalue weighted by Crippen LogP contribution is -2.00. The average molecular weight is 624 g/mol. The van der Waals surface area contributed by atoms with E-state index >= 15 is 0 Å².